The maximum atomic E-state index is 13.7. The van der Waals surface area contributed by atoms with Crippen molar-refractivity contribution in [1.82, 2.24) is 9.80 Å². The summed E-state index contributed by atoms with van der Waals surface area (Å²) in [6, 6.07) is 13.2. The van der Waals surface area contributed by atoms with E-state index in [0.717, 1.165) is 36.5 Å². The Morgan fingerprint density at radius 1 is 0.973 bits per heavy atom. The second kappa shape index (κ2) is 13.8. The highest BCUT2D eigenvalue weighted by Crippen LogP contribution is 2.28. The minimum atomic E-state index is -0.128. The number of hydrogen-bond acceptors (Lipinski definition) is 5. The van der Waals surface area contributed by atoms with Crippen LogP contribution in [0.15, 0.2) is 42.5 Å². The highest BCUT2D eigenvalue weighted by molar-refractivity contribution is 6.31. The van der Waals surface area contributed by atoms with Crippen LogP contribution in [0.25, 0.3) is 0 Å². The third kappa shape index (κ3) is 8.19. The Balaban J connectivity index is 1.95. The van der Waals surface area contributed by atoms with Crippen LogP contribution < -0.4 is 9.64 Å². The third-order valence-corrected chi connectivity index (χ3v) is 6.69. The second-order valence-electron chi connectivity index (χ2n) is 10.2. The molecule has 1 aliphatic rings. The lowest BCUT2D eigenvalue weighted by Crippen LogP contribution is -2.41. The standard InChI is InChI=1S/C29H40ClN3O4/c1-21(2)19-37-26-11-8-23(9-12-26)29(35)32-16-15-31(22(3)4)13-6-14-33(28(34)20-36-5)27-17-25(30)10-7-24(27)18-32/h7-12,17,21-22H,6,13-16,18-20H2,1-5H3. The normalized spacial score (nSPS) is 15.5. The zero-order valence-electron chi connectivity index (χ0n) is 22.7. The van der Waals surface area contributed by atoms with Crippen LogP contribution in [0.1, 0.15) is 50.0 Å². The number of benzene rings is 2. The first kappa shape index (κ1) is 29.0. The Morgan fingerprint density at radius 2 is 1.70 bits per heavy atom. The molecule has 37 heavy (non-hydrogen) atoms. The van der Waals surface area contributed by atoms with Gasteiger partial charge in [0.1, 0.15) is 12.4 Å². The third-order valence-electron chi connectivity index (χ3n) is 6.45. The Kier molecular flexibility index (Phi) is 10.8. The molecular formula is C29H40ClN3O4. The lowest BCUT2D eigenvalue weighted by molar-refractivity contribution is -0.122. The molecule has 202 valence electrons. The van der Waals surface area contributed by atoms with Crippen molar-refractivity contribution < 1.29 is 19.1 Å². The fraction of sp³-hybridized carbons (Fsp3) is 0.517. The van der Waals surface area contributed by atoms with Gasteiger partial charge >= 0.3 is 0 Å². The first-order valence-corrected chi connectivity index (χ1v) is 13.4. The first-order chi connectivity index (χ1) is 17.7. The van der Waals surface area contributed by atoms with Gasteiger partial charge in [-0.2, -0.15) is 0 Å². The molecule has 7 nitrogen and oxygen atoms in total. The molecule has 0 aliphatic carbocycles. The number of halogens is 1. The number of methoxy groups -OCH3 is 1. The lowest BCUT2D eigenvalue weighted by atomic mass is 10.1. The van der Waals surface area contributed by atoms with Crippen molar-refractivity contribution in [3.05, 3.63) is 58.6 Å². The van der Waals surface area contributed by atoms with E-state index in [-0.39, 0.29) is 18.4 Å². The van der Waals surface area contributed by atoms with Crippen LogP contribution in [0, 0.1) is 5.92 Å². The van der Waals surface area contributed by atoms with Crippen LogP contribution >= 0.6 is 11.6 Å². The summed E-state index contributed by atoms with van der Waals surface area (Å²) in [7, 11) is 1.52. The lowest BCUT2D eigenvalue weighted by Gasteiger charge is -2.30. The molecule has 0 fully saturated rings. The molecule has 0 unspecified atom stereocenters. The van der Waals surface area contributed by atoms with Crippen molar-refractivity contribution in [1.29, 1.82) is 0 Å². The van der Waals surface area contributed by atoms with Crippen LogP contribution in [-0.2, 0) is 16.1 Å². The quantitative estimate of drug-likeness (QED) is 0.498. The number of hydrogen-bond donors (Lipinski definition) is 0. The zero-order chi connectivity index (χ0) is 26.9. The van der Waals surface area contributed by atoms with E-state index in [2.05, 4.69) is 32.6 Å². The van der Waals surface area contributed by atoms with Gasteiger partial charge in [-0.25, -0.2) is 0 Å². The number of ether oxygens (including phenoxy) is 2. The average molecular weight is 530 g/mol. The fourth-order valence-electron chi connectivity index (χ4n) is 4.41. The van der Waals surface area contributed by atoms with Crippen molar-refractivity contribution in [2.24, 2.45) is 5.92 Å². The molecule has 0 bridgehead atoms. The Morgan fingerprint density at radius 3 is 2.35 bits per heavy atom. The predicted molar refractivity (Wildman–Crippen MR) is 149 cm³/mol. The number of carbonyl (C=O) groups is 2. The minimum absolute atomic E-state index is 0.0201. The summed E-state index contributed by atoms with van der Waals surface area (Å²) in [5.41, 5.74) is 2.20. The fourth-order valence-corrected chi connectivity index (χ4v) is 4.58. The van der Waals surface area contributed by atoms with Crippen molar-refractivity contribution >= 4 is 29.1 Å². The summed E-state index contributed by atoms with van der Waals surface area (Å²) in [4.78, 5) is 32.7. The summed E-state index contributed by atoms with van der Waals surface area (Å²) < 4.78 is 11.0. The second-order valence-corrected chi connectivity index (χ2v) is 10.6. The Bertz CT molecular complexity index is 1040. The molecule has 2 amide bonds. The maximum absolute atomic E-state index is 13.7. The van der Waals surface area contributed by atoms with Crippen LogP contribution in [0.3, 0.4) is 0 Å². The van der Waals surface area contributed by atoms with Gasteiger partial charge in [0.25, 0.3) is 11.8 Å². The molecule has 1 heterocycles. The summed E-state index contributed by atoms with van der Waals surface area (Å²) >= 11 is 6.37. The topological polar surface area (TPSA) is 62.3 Å². The maximum Gasteiger partial charge on any atom is 0.254 e. The number of nitrogens with zero attached hydrogens (tertiary/aromatic N) is 3. The van der Waals surface area contributed by atoms with Gasteiger partial charge in [-0.15, -0.1) is 0 Å². The number of amides is 2. The van der Waals surface area contributed by atoms with E-state index in [1.807, 2.05) is 47.4 Å². The smallest absolute Gasteiger partial charge is 0.254 e. The van der Waals surface area contributed by atoms with Gasteiger partial charge in [-0.05, 0) is 68.1 Å². The monoisotopic (exact) mass is 529 g/mol. The van der Waals surface area contributed by atoms with E-state index in [9.17, 15) is 9.59 Å². The molecule has 0 spiro atoms. The highest BCUT2D eigenvalue weighted by atomic mass is 35.5. The molecule has 0 radical (unpaired) electrons. The molecule has 1 aliphatic heterocycles. The summed E-state index contributed by atoms with van der Waals surface area (Å²) in [5.74, 6) is 0.985. The van der Waals surface area contributed by atoms with E-state index < -0.39 is 0 Å². The summed E-state index contributed by atoms with van der Waals surface area (Å²) in [5, 5.41) is 0.544. The predicted octanol–water partition coefficient (Wildman–Crippen LogP) is 5.11. The van der Waals surface area contributed by atoms with Crippen LogP contribution in [-0.4, -0.2) is 74.2 Å². The van der Waals surface area contributed by atoms with Gasteiger partial charge < -0.3 is 19.3 Å². The van der Waals surface area contributed by atoms with Gasteiger partial charge in [-0.1, -0.05) is 31.5 Å². The molecule has 0 aromatic heterocycles. The average Bonchev–Trinajstić information content (AvgIpc) is 2.90. The van der Waals surface area contributed by atoms with Gasteiger partial charge in [-0.3, -0.25) is 14.5 Å². The van der Waals surface area contributed by atoms with Crippen molar-refractivity contribution in [3.8, 4) is 5.75 Å². The van der Waals surface area contributed by atoms with E-state index >= 15 is 0 Å². The first-order valence-electron chi connectivity index (χ1n) is 13.0. The SMILES string of the molecule is COCC(=O)N1CCCN(C(C)C)CCN(C(=O)c2ccc(OCC(C)C)cc2)Cc2ccc(Cl)cc21. The highest BCUT2D eigenvalue weighted by Gasteiger charge is 2.25. The van der Waals surface area contributed by atoms with Crippen molar-refractivity contribution in [2.75, 3.05) is 51.4 Å². The van der Waals surface area contributed by atoms with E-state index in [4.69, 9.17) is 21.1 Å². The van der Waals surface area contributed by atoms with E-state index in [1.165, 1.54) is 7.11 Å². The van der Waals surface area contributed by atoms with Crippen LogP contribution in [0.2, 0.25) is 5.02 Å². The molecule has 2 aromatic rings. The van der Waals surface area contributed by atoms with E-state index in [0.29, 0.717) is 48.8 Å². The zero-order valence-corrected chi connectivity index (χ0v) is 23.5. The van der Waals surface area contributed by atoms with Crippen molar-refractivity contribution in [2.45, 2.75) is 46.7 Å². The van der Waals surface area contributed by atoms with Crippen LogP contribution in [0.4, 0.5) is 5.69 Å². The van der Waals surface area contributed by atoms with Gasteiger partial charge in [0.05, 0.1) is 12.3 Å². The molecule has 3 rings (SSSR count). The summed E-state index contributed by atoms with van der Waals surface area (Å²) in [6.45, 7) is 12.2. The molecule has 8 heteroatoms. The molecule has 0 saturated carbocycles. The molecule has 2 aromatic carbocycles. The molecule has 0 saturated heterocycles. The number of anilines is 1. The van der Waals surface area contributed by atoms with Gasteiger partial charge in [0, 0.05) is 56.5 Å². The molecular weight excluding hydrogens is 490 g/mol. The minimum Gasteiger partial charge on any atom is -0.493 e. The number of fused-ring (bicyclic) bond motifs is 1. The Hall–Kier alpha value is -2.61. The molecule has 0 N–H and O–H groups in total. The Labute approximate surface area is 226 Å². The van der Waals surface area contributed by atoms with Gasteiger partial charge in [0.2, 0.25) is 0 Å². The molecule has 0 atom stereocenters. The van der Waals surface area contributed by atoms with E-state index in [1.54, 1.807) is 4.90 Å². The number of carbonyl (C=O) groups excluding carboxylic acids is 2. The van der Waals surface area contributed by atoms with Gasteiger partial charge in [0.15, 0.2) is 0 Å². The van der Waals surface area contributed by atoms with Crippen molar-refractivity contribution in [3.63, 3.8) is 0 Å². The number of rotatable bonds is 7. The summed E-state index contributed by atoms with van der Waals surface area (Å²) in [6.07, 6.45) is 0.797. The van der Waals surface area contributed by atoms with Crippen LogP contribution in [0.5, 0.6) is 5.75 Å². The largest absolute Gasteiger partial charge is 0.493 e.